The minimum atomic E-state index is -0.340. The van der Waals surface area contributed by atoms with Crippen molar-refractivity contribution in [1.29, 1.82) is 0 Å². The van der Waals surface area contributed by atoms with E-state index < -0.39 is 0 Å². The largest absolute Gasteiger partial charge is 0.383 e. The van der Waals surface area contributed by atoms with E-state index >= 15 is 0 Å². The Morgan fingerprint density at radius 3 is 2.94 bits per heavy atom. The Kier molecular flexibility index (Phi) is 3.65. The van der Waals surface area contributed by atoms with Crippen molar-refractivity contribution < 1.29 is 9.53 Å². The normalized spacial score (nSPS) is 17.1. The van der Waals surface area contributed by atoms with Crippen LogP contribution < -0.4 is 5.73 Å². The van der Waals surface area contributed by atoms with Crippen LogP contribution in [-0.2, 0) is 11.3 Å². The molecule has 1 saturated carbocycles. The minimum absolute atomic E-state index is 0.0977. The molecule has 1 aliphatic carbocycles. The number of rotatable bonds is 6. The van der Waals surface area contributed by atoms with Gasteiger partial charge in [0.15, 0.2) is 5.78 Å². The lowest BCUT2D eigenvalue weighted by Gasteiger charge is -2.13. The summed E-state index contributed by atoms with van der Waals surface area (Å²) in [5, 5.41) is 4.18. The minimum Gasteiger partial charge on any atom is -0.383 e. The lowest BCUT2D eigenvalue weighted by Crippen LogP contribution is -2.28. The van der Waals surface area contributed by atoms with E-state index in [2.05, 4.69) is 21.0 Å². The highest BCUT2D eigenvalue weighted by molar-refractivity contribution is 9.10. The van der Waals surface area contributed by atoms with Crippen LogP contribution in [0.15, 0.2) is 10.7 Å². The smallest absolute Gasteiger partial charge is 0.189 e. The first-order chi connectivity index (χ1) is 8.14. The molecule has 0 radical (unpaired) electrons. The van der Waals surface area contributed by atoms with Crippen LogP contribution in [0.25, 0.3) is 0 Å². The van der Waals surface area contributed by atoms with Gasteiger partial charge in [0.2, 0.25) is 0 Å². The highest BCUT2D eigenvalue weighted by atomic mass is 79.9. The summed E-state index contributed by atoms with van der Waals surface area (Å²) >= 11 is 3.37. The number of aromatic nitrogens is 2. The molecule has 2 rings (SSSR count). The topological polar surface area (TPSA) is 70.1 Å². The van der Waals surface area contributed by atoms with Crippen molar-refractivity contribution in [3.63, 3.8) is 0 Å². The molecule has 1 aliphatic rings. The fourth-order valence-corrected chi connectivity index (χ4v) is 2.34. The van der Waals surface area contributed by atoms with Gasteiger partial charge in [-0.2, -0.15) is 5.10 Å². The van der Waals surface area contributed by atoms with Gasteiger partial charge in [0.25, 0.3) is 0 Å². The van der Waals surface area contributed by atoms with Crippen LogP contribution in [0.5, 0.6) is 0 Å². The number of hydrogen-bond acceptors (Lipinski definition) is 4. The zero-order valence-electron chi connectivity index (χ0n) is 9.78. The van der Waals surface area contributed by atoms with Gasteiger partial charge < -0.3 is 10.5 Å². The van der Waals surface area contributed by atoms with Crippen molar-refractivity contribution in [2.45, 2.75) is 19.4 Å². The number of hydrogen-bond donors (Lipinski definition) is 1. The summed E-state index contributed by atoms with van der Waals surface area (Å²) in [5.41, 5.74) is 5.96. The van der Waals surface area contributed by atoms with Crippen molar-refractivity contribution in [1.82, 2.24) is 9.78 Å². The molecule has 1 aromatic rings. The van der Waals surface area contributed by atoms with E-state index in [9.17, 15) is 4.79 Å². The number of Topliss-reactive ketones (excluding diaryl/α,β-unsaturated/α-hetero) is 1. The van der Waals surface area contributed by atoms with E-state index in [0.717, 1.165) is 17.3 Å². The summed E-state index contributed by atoms with van der Waals surface area (Å²) < 4.78 is 7.43. The molecule has 0 saturated heterocycles. The number of halogens is 1. The van der Waals surface area contributed by atoms with Crippen LogP contribution in [0, 0.1) is 5.41 Å². The molecule has 0 bridgehead atoms. The first-order valence-electron chi connectivity index (χ1n) is 5.60. The maximum absolute atomic E-state index is 12.4. The predicted molar refractivity (Wildman–Crippen MR) is 66.9 cm³/mol. The maximum atomic E-state index is 12.4. The second-order valence-electron chi connectivity index (χ2n) is 4.37. The monoisotopic (exact) mass is 301 g/mol. The highest BCUT2D eigenvalue weighted by Crippen LogP contribution is 2.47. The average molecular weight is 302 g/mol. The summed E-state index contributed by atoms with van der Waals surface area (Å²) in [6, 6.07) is 0. The summed E-state index contributed by atoms with van der Waals surface area (Å²) in [6.45, 7) is 1.52. The summed E-state index contributed by atoms with van der Waals surface area (Å²) in [7, 11) is 1.63. The Hall–Kier alpha value is -0.720. The molecule has 1 aromatic heterocycles. The standard InChI is InChI=1S/C11H16BrN3O2/c1-17-5-4-15-9(8(12)6-14-15)10(16)11(7-13)2-3-11/h6H,2-5,7,13H2,1H3. The van der Waals surface area contributed by atoms with Gasteiger partial charge in [-0.05, 0) is 28.8 Å². The number of ketones is 1. The lowest BCUT2D eigenvalue weighted by molar-refractivity contribution is 0.0890. The summed E-state index contributed by atoms with van der Waals surface area (Å²) in [5.74, 6) is 0.0977. The third-order valence-corrected chi connectivity index (χ3v) is 3.82. The summed E-state index contributed by atoms with van der Waals surface area (Å²) in [4.78, 5) is 12.4. The van der Waals surface area contributed by atoms with E-state index in [0.29, 0.717) is 25.4 Å². The van der Waals surface area contributed by atoms with Crippen LogP contribution in [-0.4, -0.2) is 35.8 Å². The second kappa shape index (κ2) is 4.88. The first kappa shape index (κ1) is 12.7. The van der Waals surface area contributed by atoms with E-state index in [1.165, 1.54) is 0 Å². The molecule has 17 heavy (non-hydrogen) atoms. The molecule has 5 nitrogen and oxygen atoms in total. The molecule has 2 N–H and O–H groups in total. The number of ether oxygens (including phenoxy) is 1. The average Bonchev–Trinajstić information content (AvgIpc) is 3.05. The van der Waals surface area contributed by atoms with Gasteiger partial charge in [0.1, 0.15) is 5.69 Å². The van der Waals surface area contributed by atoms with Crippen LogP contribution in [0.2, 0.25) is 0 Å². The highest BCUT2D eigenvalue weighted by Gasteiger charge is 2.50. The first-order valence-corrected chi connectivity index (χ1v) is 6.39. The number of nitrogens with two attached hydrogens (primary N) is 1. The molecule has 0 aliphatic heterocycles. The van der Waals surface area contributed by atoms with Gasteiger partial charge >= 0.3 is 0 Å². The fraction of sp³-hybridized carbons (Fsp3) is 0.636. The van der Waals surface area contributed by atoms with E-state index in [-0.39, 0.29) is 11.2 Å². The predicted octanol–water partition coefficient (Wildman–Crippen LogP) is 1.21. The third kappa shape index (κ3) is 2.29. The third-order valence-electron chi connectivity index (χ3n) is 3.24. The zero-order valence-corrected chi connectivity index (χ0v) is 11.4. The van der Waals surface area contributed by atoms with Crippen LogP contribution >= 0.6 is 15.9 Å². The molecular formula is C11H16BrN3O2. The Morgan fingerprint density at radius 2 is 2.41 bits per heavy atom. The maximum Gasteiger partial charge on any atom is 0.189 e. The van der Waals surface area contributed by atoms with Gasteiger partial charge in [-0.25, -0.2) is 0 Å². The molecule has 0 unspecified atom stereocenters. The fourth-order valence-electron chi connectivity index (χ4n) is 1.86. The van der Waals surface area contributed by atoms with Crippen molar-refractivity contribution in [3.05, 3.63) is 16.4 Å². The number of methoxy groups -OCH3 is 1. The van der Waals surface area contributed by atoms with E-state index in [1.807, 2.05) is 0 Å². The van der Waals surface area contributed by atoms with Crippen molar-refractivity contribution in [2.24, 2.45) is 11.1 Å². The Balaban J connectivity index is 2.24. The number of carbonyl (C=O) groups is 1. The molecule has 94 valence electrons. The van der Waals surface area contributed by atoms with Crippen LogP contribution in [0.3, 0.4) is 0 Å². The van der Waals surface area contributed by atoms with Gasteiger partial charge in [-0.3, -0.25) is 9.48 Å². The number of nitrogens with zero attached hydrogens (tertiary/aromatic N) is 2. The van der Waals surface area contributed by atoms with Crippen LogP contribution in [0.4, 0.5) is 0 Å². The lowest BCUT2D eigenvalue weighted by atomic mass is 9.99. The molecule has 0 aromatic carbocycles. The second-order valence-corrected chi connectivity index (χ2v) is 5.22. The Bertz CT molecular complexity index is 426. The molecule has 6 heteroatoms. The molecule has 1 heterocycles. The van der Waals surface area contributed by atoms with E-state index in [1.54, 1.807) is 18.0 Å². The Morgan fingerprint density at radius 1 is 1.71 bits per heavy atom. The van der Waals surface area contributed by atoms with Crippen molar-refractivity contribution >= 4 is 21.7 Å². The van der Waals surface area contributed by atoms with Gasteiger partial charge in [0, 0.05) is 19.1 Å². The van der Waals surface area contributed by atoms with Gasteiger partial charge in [0.05, 0.1) is 23.8 Å². The SMILES string of the molecule is COCCn1ncc(Br)c1C(=O)C1(CN)CC1. The zero-order chi connectivity index (χ0) is 12.5. The van der Waals surface area contributed by atoms with Crippen LogP contribution in [0.1, 0.15) is 23.3 Å². The van der Waals surface area contributed by atoms with Gasteiger partial charge in [-0.1, -0.05) is 0 Å². The molecule has 0 spiro atoms. The molecular weight excluding hydrogens is 286 g/mol. The summed E-state index contributed by atoms with van der Waals surface area (Å²) in [6.07, 6.45) is 3.41. The van der Waals surface area contributed by atoms with Gasteiger partial charge in [-0.15, -0.1) is 0 Å². The molecule has 1 fully saturated rings. The Labute approximate surface area is 108 Å². The van der Waals surface area contributed by atoms with Crippen molar-refractivity contribution in [2.75, 3.05) is 20.3 Å². The molecule has 0 atom stereocenters. The quantitative estimate of drug-likeness (QED) is 0.802. The molecule has 0 amide bonds. The van der Waals surface area contributed by atoms with E-state index in [4.69, 9.17) is 10.5 Å². The number of carbonyl (C=O) groups excluding carboxylic acids is 1. The van der Waals surface area contributed by atoms with Crippen molar-refractivity contribution in [3.8, 4) is 0 Å².